The minimum atomic E-state index is -0.652. The highest BCUT2D eigenvalue weighted by Gasteiger charge is 2.42. The van der Waals surface area contributed by atoms with Gasteiger partial charge in [0.2, 0.25) is 0 Å². The summed E-state index contributed by atoms with van der Waals surface area (Å²) in [5.74, 6) is 0.0662. The maximum atomic E-state index is 11.8. The van der Waals surface area contributed by atoms with Crippen molar-refractivity contribution in [2.75, 3.05) is 0 Å². The van der Waals surface area contributed by atoms with Crippen LogP contribution in [0.15, 0.2) is 22.8 Å². The Labute approximate surface area is 135 Å². The number of carbonyl (C=O) groups is 1. The van der Waals surface area contributed by atoms with Crippen molar-refractivity contribution in [1.29, 1.82) is 0 Å². The number of hydrogen-bond donors (Lipinski definition) is 1. The van der Waals surface area contributed by atoms with E-state index in [9.17, 15) is 9.90 Å². The van der Waals surface area contributed by atoms with Gasteiger partial charge in [0.05, 0.1) is 5.41 Å². The molecule has 0 unspecified atom stereocenters. The first kappa shape index (κ1) is 16.5. The summed E-state index contributed by atoms with van der Waals surface area (Å²) in [5.41, 5.74) is 0.274. The Bertz CT molecular complexity index is 464. The van der Waals surface area contributed by atoms with E-state index in [4.69, 9.17) is 0 Å². The third-order valence-corrected chi connectivity index (χ3v) is 5.26. The molecule has 1 saturated carbocycles. The highest BCUT2D eigenvalue weighted by Crippen LogP contribution is 2.43. The molecule has 1 aromatic rings. The van der Waals surface area contributed by atoms with Crippen molar-refractivity contribution in [2.45, 2.75) is 58.3 Å². The molecule has 0 aromatic carbocycles. The molecule has 4 heteroatoms. The fourth-order valence-corrected chi connectivity index (χ4v) is 3.57. The predicted octanol–water partition coefficient (Wildman–Crippen LogP) is 4.84. The van der Waals surface area contributed by atoms with Gasteiger partial charge in [-0.15, -0.1) is 0 Å². The van der Waals surface area contributed by atoms with Gasteiger partial charge in [-0.3, -0.25) is 9.78 Å². The number of carboxylic acids is 1. The zero-order valence-electron chi connectivity index (χ0n) is 12.6. The van der Waals surface area contributed by atoms with E-state index in [1.54, 1.807) is 6.20 Å². The smallest absolute Gasteiger partial charge is 0.310 e. The maximum absolute atomic E-state index is 11.8. The standard InChI is InChI=1S/C17H24BrNO2/c1-2-3-4-13-7-9-17(10-8-13,16(20)21)11-15-6-5-14(18)12-19-15/h5-6,12-13H,2-4,7-11H2,1H3,(H,20,21). The van der Waals surface area contributed by atoms with Gasteiger partial charge in [-0.25, -0.2) is 0 Å². The number of hydrogen-bond acceptors (Lipinski definition) is 2. The van der Waals surface area contributed by atoms with E-state index in [0.717, 1.165) is 41.8 Å². The SMILES string of the molecule is CCCCC1CCC(Cc2ccc(Br)cn2)(C(=O)O)CC1. The van der Waals surface area contributed by atoms with Crippen molar-refractivity contribution >= 4 is 21.9 Å². The van der Waals surface area contributed by atoms with Crippen LogP contribution in [0.1, 0.15) is 57.6 Å². The molecule has 21 heavy (non-hydrogen) atoms. The summed E-state index contributed by atoms with van der Waals surface area (Å²) in [6, 6.07) is 3.86. The van der Waals surface area contributed by atoms with Crippen LogP contribution < -0.4 is 0 Å². The molecule has 1 aliphatic rings. The molecule has 116 valence electrons. The van der Waals surface area contributed by atoms with Gasteiger partial charge in [0.15, 0.2) is 0 Å². The number of carboxylic acid groups (broad SMARTS) is 1. The summed E-state index contributed by atoms with van der Waals surface area (Å²) in [6.45, 7) is 2.21. The Morgan fingerprint density at radius 1 is 1.43 bits per heavy atom. The zero-order chi connectivity index (χ0) is 15.3. The number of rotatable bonds is 6. The zero-order valence-corrected chi connectivity index (χ0v) is 14.2. The van der Waals surface area contributed by atoms with E-state index < -0.39 is 11.4 Å². The predicted molar refractivity (Wildman–Crippen MR) is 87.2 cm³/mol. The second-order valence-electron chi connectivity index (χ2n) is 6.32. The van der Waals surface area contributed by atoms with E-state index in [0.29, 0.717) is 6.42 Å². The molecular formula is C17H24BrNO2. The fraction of sp³-hybridized carbons (Fsp3) is 0.647. The van der Waals surface area contributed by atoms with Crippen LogP contribution in [0.2, 0.25) is 0 Å². The molecule has 1 fully saturated rings. The van der Waals surface area contributed by atoms with Crippen LogP contribution in [0.5, 0.6) is 0 Å². The van der Waals surface area contributed by atoms with Crippen LogP contribution in [-0.2, 0) is 11.2 Å². The number of nitrogens with zero attached hydrogens (tertiary/aromatic N) is 1. The summed E-state index contributed by atoms with van der Waals surface area (Å²) in [4.78, 5) is 16.2. The lowest BCUT2D eigenvalue weighted by atomic mass is 9.67. The van der Waals surface area contributed by atoms with Gasteiger partial charge < -0.3 is 5.11 Å². The molecule has 1 heterocycles. The summed E-state index contributed by atoms with van der Waals surface area (Å²) in [5, 5.41) is 9.73. The van der Waals surface area contributed by atoms with E-state index in [2.05, 4.69) is 27.8 Å². The third-order valence-electron chi connectivity index (χ3n) is 4.79. The number of halogens is 1. The topological polar surface area (TPSA) is 50.2 Å². The average Bonchev–Trinajstić information content (AvgIpc) is 2.49. The Morgan fingerprint density at radius 2 is 2.14 bits per heavy atom. The summed E-state index contributed by atoms with van der Waals surface area (Å²) >= 11 is 3.37. The molecule has 3 nitrogen and oxygen atoms in total. The second kappa shape index (κ2) is 7.39. The minimum Gasteiger partial charge on any atom is -0.481 e. The quantitative estimate of drug-likeness (QED) is 0.795. The first-order valence-corrected chi connectivity index (χ1v) is 8.69. The average molecular weight is 354 g/mol. The van der Waals surface area contributed by atoms with Crippen LogP contribution in [0.4, 0.5) is 0 Å². The normalized spacial score (nSPS) is 25.7. The third kappa shape index (κ3) is 4.29. The minimum absolute atomic E-state index is 0.552. The number of unbranched alkanes of at least 4 members (excludes halogenated alkanes) is 1. The molecule has 1 aliphatic carbocycles. The van der Waals surface area contributed by atoms with Crippen molar-refractivity contribution in [3.8, 4) is 0 Å². The van der Waals surface area contributed by atoms with E-state index in [1.807, 2.05) is 12.1 Å². The molecule has 0 amide bonds. The molecule has 0 spiro atoms. The summed E-state index contributed by atoms with van der Waals surface area (Å²) in [7, 11) is 0. The lowest BCUT2D eigenvalue weighted by Crippen LogP contribution is -2.37. The number of aromatic nitrogens is 1. The van der Waals surface area contributed by atoms with Crippen molar-refractivity contribution in [1.82, 2.24) is 4.98 Å². The molecule has 0 aliphatic heterocycles. The van der Waals surface area contributed by atoms with E-state index in [-0.39, 0.29) is 0 Å². The second-order valence-corrected chi connectivity index (χ2v) is 7.23. The molecule has 0 radical (unpaired) electrons. The highest BCUT2D eigenvalue weighted by molar-refractivity contribution is 9.10. The van der Waals surface area contributed by atoms with Gasteiger partial charge in [-0.05, 0) is 59.7 Å². The monoisotopic (exact) mass is 353 g/mol. The molecule has 0 bridgehead atoms. The van der Waals surface area contributed by atoms with Crippen molar-refractivity contribution < 1.29 is 9.90 Å². The van der Waals surface area contributed by atoms with Gasteiger partial charge >= 0.3 is 5.97 Å². The van der Waals surface area contributed by atoms with Gasteiger partial charge in [-0.2, -0.15) is 0 Å². The molecule has 0 atom stereocenters. The Balaban J connectivity index is 2.02. The largest absolute Gasteiger partial charge is 0.481 e. The van der Waals surface area contributed by atoms with Gasteiger partial charge in [0, 0.05) is 22.8 Å². The number of pyridine rings is 1. The molecule has 1 N–H and O–H groups in total. The lowest BCUT2D eigenvalue weighted by Gasteiger charge is -2.36. The first-order chi connectivity index (χ1) is 10.1. The van der Waals surface area contributed by atoms with E-state index >= 15 is 0 Å². The molecule has 2 rings (SSSR count). The van der Waals surface area contributed by atoms with Crippen molar-refractivity contribution in [3.05, 3.63) is 28.5 Å². The van der Waals surface area contributed by atoms with Crippen LogP contribution in [0.25, 0.3) is 0 Å². The van der Waals surface area contributed by atoms with Crippen molar-refractivity contribution in [3.63, 3.8) is 0 Å². The maximum Gasteiger partial charge on any atom is 0.310 e. The highest BCUT2D eigenvalue weighted by atomic mass is 79.9. The molecular weight excluding hydrogens is 330 g/mol. The Hall–Kier alpha value is -0.900. The van der Waals surface area contributed by atoms with Crippen LogP contribution in [-0.4, -0.2) is 16.1 Å². The summed E-state index contributed by atoms with van der Waals surface area (Å²) < 4.78 is 0.930. The first-order valence-electron chi connectivity index (χ1n) is 7.89. The molecule has 1 aromatic heterocycles. The molecule has 0 saturated heterocycles. The van der Waals surface area contributed by atoms with Gasteiger partial charge in [0.1, 0.15) is 0 Å². The lowest BCUT2D eigenvalue weighted by molar-refractivity contribution is -0.151. The van der Waals surface area contributed by atoms with Crippen LogP contribution >= 0.6 is 15.9 Å². The Kier molecular flexibility index (Phi) is 5.80. The van der Waals surface area contributed by atoms with Gasteiger partial charge in [0.25, 0.3) is 0 Å². The van der Waals surface area contributed by atoms with Crippen molar-refractivity contribution in [2.24, 2.45) is 11.3 Å². The van der Waals surface area contributed by atoms with E-state index in [1.165, 1.54) is 19.3 Å². The van der Waals surface area contributed by atoms with Crippen LogP contribution in [0, 0.1) is 11.3 Å². The summed E-state index contributed by atoms with van der Waals surface area (Å²) in [6.07, 6.45) is 9.70. The Morgan fingerprint density at radius 3 is 2.67 bits per heavy atom. The fourth-order valence-electron chi connectivity index (χ4n) is 3.34. The van der Waals surface area contributed by atoms with Gasteiger partial charge in [-0.1, -0.05) is 26.2 Å². The number of aliphatic carboxylic acids is 1. The van der Waals surface area contributed by atoms with Crippen LogP contribution in [0.3, 0.4) is 0 Å².